The van der Waals surface area contributed by atoms with Gasteiger partial charge >= 0.3 is 0 Å². The van der Waals surface area contributed by atoms with Crippen LogP contribution in [-0.4, -0.2) is 20.6 Å². The number of rotatable bonds is 4. The van der Waals surface area contributed by atoms with Crippen LogP contribution in [0.25, 0.3) is 11.0 Å². The van der Waals surface area contributed by atoms with Crippen LogP contribution in [0.15, 0.2) is 36.4 Å². The minimum atomic E-state index is -1.68. The van der Waals surface area contributed by atoms with E-state index in [4.69, 9.17) is 0 Å². The van der Waals surface area contributed by atoms with Crippen LogP contribution in [-0.2, 0) is 15.9 Å². The highest BCUT2D eigenvalue weighted by Crippen LogP contribution is 2.31. The van der Waals surface area contributed by atoms with Crippen molar-refractivity contribution < 1.29 is 14.3 Å². The molecule has 0 aliphatic carbocycles. The fourth-order valence-corrected chi connectivity index (χ4v) is 3.59. The number of nitrogens with zero attached hydrogens (tertiary/aromatic N) is 3. The number of fused-ring (bicyclic) bond motifs is 1. The average molecular weight is 408 g/mol. The van der Waals surface area contributed by atoms with Gasteiger partial charge in [0.1, 0.15) is 5.82 Å². The van der Waals surface area contributed by atoms with E-state index in [-0.39, 0.29) is 12.0 Å². The fourth-order valence-electron chi connectivity index (χ4n) is 3.59. The van der Waals surface area contributed by atoms with Gasteiger partial charge in [0.2, 0.25) is 11.9 Å². The summed E-state index contributed by atoms with van der Waals surface area (Å²) >= 11 is 0. The van der Waals surface area contributed by atoms with Crippen molar-refractivity contribution >= 4 is 22.9 Å². The molecule has 2 aromatic carbocycles. The topological polar surface area (TPSA) is 90.9 Å². The summed E-state index contributed by atoms with van der Waals surface area (Å²) in [5, 5.41) is 22.9. The van der Waals surface area contributed by atoms with E-state index < -0.39 is 22.9 Å². The summed E-state index contributed by atoms with van der Waals surface area (Å²) < 4.78 is 15.9. The third-order valence-electron chi connectivity index (χ3n) is 5.00. The second-order valence-electron chi connectivity index (χ2n) is 8.69. The number of hydrogen-bond acceptors (Lipinski definition) is 4. The maximum atomic E-state index is 14.1. The molecule has 1 aromatic heterocycles. The normalized spacial score (nSPS) is 13.7. The number of halogens is 1. The molecule has 0 unspecified atom stereocenters. The zero-order valence-electron chi connectivity index (χ0n) is 17.7. The van der Waals surface area contributed by atoms with Crippen LogP contribution in [0, 0.1) is 24.1 Å². The third kappa shape index (κ3) is 4.05. The highest BCUT2D eigenvalue weighted by Gasteiger charge is 2.31. The lowest BCUT2D eigenvalue weighted by Crippen LogP contribution is -2.31. The molecule has 0 spiro atoms. The molecule has 0 saturated carbocycles. The first-order valence-corrected chi connectivity index (χ1v) is 9.65. The Morgan fingerprint density at radius 1 is 1.27 bits per heavy atom. The maximum Gasteiger partial charge on any atom is 0.229 e. The van der Waals surface area contributed by atoms with Crippen molar-refractivity contribution in [2.75, 3.05) is 5.32 Å². The Morgan fingerprint density at radius 2 is 1.93 bits per heavy atom. The van der Waals surface area contributed by atoms with Crippen molar-refractivity contribution in [2.24, 2.45) is 0 Å². The predicted molar refractivity (Wildman–Crippen MR) is 113 cm³/mol. The Labute approximate surface area is 175 Å². The summed E-state index contributed by atoms with van der Waals surface area (Å²) in [6.45, 7) is 9.12. The second-order valence-corrected chi connectivity index (χ2v) is 8.69. The zero-order chi connectivity index (χ0) is 22.3. The Hall–Kier alpha value is -3.24. The molecule has 2 N–H and O–H groups in total. The summed E-state index contributed by atoms with van der Waals surface area (Å²) in [6, 6.07) is 11.6. The first kappa shape index (κ1) is 21.5. The number of carbonyl (C=O) groups is 1. The van der Waals surface area contributed by atoms with Crippen molar-refractivity contribution in [1.82, 2.24) is 9.55 Å². The minimum absolute atomic E-state index is 0.0544. The molecule has 156 valence electrons. The van der Waals surface area contributed by atoms with Gasteiger partial charge in [-0.25, -0.2) is 9.37 Å². The van der Waals surface area contributed by atoms with Crippen LogP contribution in [0.3, 0.4) is 0 Å². The van der Waals surface area contributed by atoms with E-state index >= 15 is 0 Å². The van der Waals surface area contributed by atoms with Crippen LogP contribution >= 0.6 is 0 Å². The second kappa shape index (κ2) is 7.54. The van der Waals surface area contributed by atoms with Crippen LogP contribution in [0.5, 0.6) is 0 Å². The number of aryl methyl sites for hydroxylation is 1. The van der Waals surface area contributed by atoms with Gasteiger partial charge in [0.25, 0.3) is 0 Å². The Morgan fingerprint density at radius 3 is 2.53 bits per heavy atom. The number of carbonyl (C=O) groups excluding carboxylic acids is 1. The Kier molecular flexibility index (Phi) is 5.40. The van der Waals surface area contributed by atoms with Gasteiger partial charge in [-0.05, 0) is 58.4 Å². The lowest BCUT2D eigenvalue weighted by Gasteiger charge is -2.26. The van der Waals surface area contributed by atoms with Crippen LogP contribution in [0.1, 0.15) is 50.8 Å². The Balaban J connectivity index is 1.98. The first-order valence-electron chi connectivity index (χ1n) is 9.65. The summed E-state index contributed by atoms with van der Waals surface area (Å²) in [5.41, 5.74) is 0.640. The number of amides is 1. The van der Waals surface area contributed by atoms with Gasteiger partial charge in [0, 0.05) is 11.1 Å². The molecule has 1 atom stereocenters. The molecular weight excluding hydrogens is 383 g/mol. The van der Waals surface area contributed by atoms with E-state index in [0.717, 1.165) is 11.1 Å². The largest absolute Gasteiger partial charge is 0.385 e. The molecule has 0 fully saturated rings. The Bertz CT molecular complexity index is 1170. The van der Waals surface area contributed by atoms with Crippen LogP contribution in [0.2, 0.25) is 0 Å². The van der Waals surface area contributed by atoms with Crippen molar-refractivity contribution in [1.29, 1.82) is 5.26 Å². The lowest BCUT2D eigenvalue weighted by molar-refractivity contribution is -0.120. The molecule has 3 rings (SSSR count). The number of imidazole rings is 1. The van der Waals surface area contributed by atoms with E-state index in [1.165, 1.54) is 25.1 Å². The van der Waals surface area contributed by atoms with Crippen molar-refractivity contribution in [3.05, 3.63) is 58.9 Å². The van der Waals surface area contributed by atoms with Crippen LogP contribution < -0.4 is 5.32 Å². The van der Waals surface area contributed by atoms with Crippen molar-refractivity contribution in [2.45, 2.75) is 52.2 Å². The van der Waals surface area contributed by atoms with E-state index in [1.807, 2.05) is 32.3 Å². The van der Waals surface area contributed by atoms with E-state index in [1.54, 1.807) is 18.2 Å². The van der Waals surface area contributed by atoms with E-state index in [9.17, 15) is 19.6 Å². The first-order chi connectivity index (χ1) is 13.9. The summed E-state index contributed by atoms with van der Waals surface area (Å²) in [6.07, 6.45) is -0.343. The number of aromatic nitrogens is 2. The summed E-state index contributed by atoms with van der Waals surface area (Å²) in [5.74, 6) is -0.764. The summed E-state index contributed by atoms with van der Waals surface area (Å²) in [4.78, 5) is 17.3. The predicted octanol–water partition coefficient (Wildman–Crippen LogP) is 4.35. The minimum Gasteiger partial charge on any atom is -0.385 e. The van der Waals surface area contributed by atoms with Gasteiger partial charge in [-0.15, -0.1) is 0 Å². The fraction of sp³-hybridized carbons (Fsp3) is 0.348. The van der Waals surface area contributed by atoms with Crippen LogP contribution in [0.4, 0.5) is 10.3 Å². The number of benzene rings is 2. The molecule has 0 bridgehead atoms. The van der Waals surface area contributed by atoms with Gasteiger partial charge in [-0.3, -0.25) is 10.1 Å². The third-order valence-corrected chi connectivity index (χ3v) is 5.00. The monoisotopic (exact) mass is 408 g/mol. The van der Waals surface area contributed by atoms with E-state index in [2.05, 4.69) is 16.4 Å². The zero-order valence-corrected chi connectivity index (χ0v) is 17.7. The number of anilines is 1. The number of aliphatic hydroxyl groups is 1. The highest BCUT2D eigenvalue weighted by atomic mass is 19.1. The number of hydrogen-bond donors (Lipinski definition) is 2. The molecular formula is C23H25FN4O2. The molecule has 30 heavy (non-hydrogen) atoms. The molecule has 3 aromatic rings. The molecule has 1 amide bonds. The van der Waals surface area contributed by atoms with Gasteiger partial charge in [-0.2, -0.15) is 5.26 Å². The van der Waals surface area contributed by atoms with Crippen molar-refractivity contribution in [3.63, 3.8) is 0 Å². The smallest absolute Gasteiger partial charge is 0.229 e. The molecule has 0 saturated heterocycles. The van der Waals surface area contributed by atoms with Crippen molar-refractivity contribution in [3.8, 4) is 6.07 Å². The average Bonchev–Trinajstić information content (AvgIpc) is 2.97. The lowest BCUT2D eigenvalue weighted by atomic mass is 9.92. The van der Waals surface area contributed by atoms with Gasteiger partial charge in [0.05, 0.1) is 34.7 Å². The van der Waals surface area contributed by atoms with Gasteiger partial charge < -0.3 is 9.67 Å². The van der Waals surface area contributed by atoms with Gasteiger partial charge in [-0.1, -0.05) is 18.2 Å². The number of nitrogens with one attached hydrogen (secondary N) is 1. The molecule has 0 aliphatic heterocycles. The molecule has 0 aliphatic rings. The molecule has 6 nitrogen and oxygen atoms in total. The highest BCUT2D eigenvalue weighted by molar-refractivity contribution is 5.92. The standard InChI is InChI=1S/C23H25FN4O2/c1-14-10-18-19(11-15(14)13-25)28(22(2,3)4)21(26-18)27-20(29)12-23(5,30)16-8-6-7-9-17(16)24/h6-11,30H,12H2,1-5H3,(H,26,27,29)/t23-/m0/s1. The molecule has 0 radical (unpaired) electrons. The quantitative estimate of drug-likeness (QED) is 0.672. The van der Waals surface area contributed by atoms with E-state index in [0.29, 0.717) is 17.0 Å². The number of nitriles is 1. The SMILES string of the molecule is Cc1cc2nc(NC(=O)C[C@](C)(O)c3ccccc3F)n(C(C)(C)C)c2cc1C#N. The summed E-state index contributed by atoms with van der Waals surface area (Å²) in [7, 11) is 0. The maximum absolute atomic E-state index is 14.1. The molecule has 1 heterocycles. The van der Waals surface area contributed by atoms with Gasteiger partial charge in [0.15, 0.2) is 0 Å². The molecule has 7 heteroatoms.